The number of anilines is 2. The van der Waals surface area contributed by atoms with Gasteiger partial charge in [-0.05, 0) is 68.2 Å². The molecular formula is C43H44ClN7O6. The van der Waals surface area contributed by atoms with Gasteiger partial charge in [-0.1, -0.05) is 48.4 Å². The van der Waals surface area contributed by atoms with Crippen molar-refractivity contribution >= 4 is 58.2 Å². The van der Waals surface area contributed by atoms with E-state index in [1.165, 1.54) is 6.07 Å². The number of aryl methyl sites for hydroxylation is 1. The summed E-state index contributed by atoms with van der Waals surface area (Å²) in [6, 6.07) is 12.1. The van der Waals surface area contributed by atoms with E-state index < -0.39 is 29.7 Å². The summed E-state index contributed by atoms with van der Waals surface area (Å²) in [6.07, 6.45) is 14.7. The van der Waals surface area contributed by atoms with Crippen molar-refractivity contribution in [2.75, 3.05) is 29.9 Å². The molecule has 4 aromatic rings. The summed E-state index contributed by atoms with van der Waals surface area (Å²) in [4.78, 5) is 83.5. The highest BCUT2D eigenvalue weighted by Gasteiger charge is 2.46. The smallest absolute Gasteiger partial charge is 0.264 e. The van der Waals surface area contributed by atoms with E-state index in [-0.39, 0.29) is 41.7 Å². The number of aromatic nitrogens is 3. The van der Waals surface area contributed by atoms with E-state index in [4.69, 9.17) is 11.6 Å². The number of rotatable bonds is 13. The van der Waals surface area contributed by atoms with Gasteiger partial charge < -0.3 is 10.2 Å². The molecule has 3 fully saturated rings. The van der Waals surface area contributed by atoms with Crippen LogP contribution in [0.1, 0.15) is 91.3 Å². The Bertz CT molecular complexity index is 2260. The highest BCUT2D eigenvalue weighted by molar-refractivity contribution is 6.34. The normalized spacial score (nSPS) is 19.0. The largest absolute Gasteiger partial charge is 0.377 e. The number of imide groups is 2. The fraction of sp³-hybridized carbons (Fsp3) is 0.395. The molecule has 294 valence electrons. The summed E-state index contributed by atoms with van der Waals surface area (Å²) < 4.78 is 1.91. The molecule has 1 aliphatic carbocycles. The lowest BCUT2D eigenvalue weighted by atomic mass is 9.76. The minimum Gasteiger partial charge on any atom is -0.377 e. The first-order valence-electron chi connectivity index (χ1n) is 19.8. The van der Waals surface area contributed by atoms with Crippen LogP contribution in [0.4, 0.5) is 11.4 Å². The number of ketones is 2. The second kappa shape index (κ2) is 16.0. The summed E-state index contributed by atoms with van der Waals surface area (Å²) in [7, 11) is 0. The van der Waals surface area contributed by atoms with E-state index in [0.29, 0.717) is 42.3 Å². The number of nitrogens with zero attached hydrogens (tertiary/aromatic N) is 5. The predicted octanol–water partition coefficient (Wildman–Crippen LogP) is 6.25. The third kappa shape index (κ3) is 7.60. The van der Waals surface area contributed by atoms with Gasteiger partial charge in [-0.25, -0.2) is 0 Å². The van der Waals surface area contributed by atoms with Gasteiger partial charge in [0.05, 0.1) is 34.6 Å². The van der Waals surface area contributed by atoms with Crippen LogP contribution in [0.2, 0.25) is 5.02 Å². The number of carbonyl (C=O) groups excluding carboxylic acids is 6. The van der Waals surface area contributed by atoms with Crippen LogP contribution in [0.25, 0.3) is 22.3 Å². The molecule has 8 rings (SSSR count). The molecule has 2 aromatic carbocycles. The Morgan fingerprint density at radius 2 is 1.65 bits per heavy atom. The van der Waals surface area contributed by atoms with Gasteiger partial charge in [0.1, 0.15) is 11.8 Å². The van der Waals surface area contributed by atoms with Gasteiger partial charge in [0, 0.05) is 79.7 Å². The number of unbranched alkanes of at least 4 members (excludes halogenated alkanes) is 2. The highest BCUT2D eigenvalue weighted by Crippen LogP contribution is 2.46. The number of hydrogen-bond donors (Lipinski definition) is 2. The topological polar surface area (TPSA) is 164 Å². The van der Waals surface area contributed by atoms with Crippen molar-refractivity contribution in [2.45, 2.75) is 83.2 Å². The van der Waals surface area contributed by atoms with E-state index in [0.717, 1.165) is 84.5 Å². The Kier molecular flexibility index (Phi) is 10.8. The Hall–Kier alpha value is -5.69. The lowest BCUT2D eigenvalue weighted by Gasteiger charge is -2.40. The zero-order valence-electron chi connectivity index (χ0n) is 31.6. The van der Waals surface area contributed by atoms with E-state index in [1.807, 2.05) is 23.3 Å². The summed E-state index contributed by atoms with van der Waals surface area (Å²) in [6.45, 7) is 2.30. The maximum Gasteiger partial charge on any atom is 0.264 e. The molecule has 2 aromatic heterocycles. The van der Waals surface area contributed by atoms with Crippen LogP contribution < -0.4 is 15.5 Å². The third-order valence-corrected chi connectivity index (χ3v) is 12.3. The first-order valence-corrected chi connectivity index (χ1v) is 20.1. The van der Waals surface area contributed by atoms with Gasteiger partial charge in [0.25, 0.3) is 11.8 Å². The minimum atomic E-state index is -1.05. The van der Waals surface area contributed by atoms with Gasteiger partial charge in [-0.15, -0.1) is 0 Å². The molecule has 1 saturated carbocycles. The second-order valence-electron chi connectivity index (χ2n) is 15.5. The molecule has 4 aliphatic rings. The van der Waals surface area contributed by atoms with Gasteiger partial charge in [-0.3, -0.25) is 48.6 Å². The van der Waals surface area contributed by atoms with Gasteiger partial charge >= 0.3 is 0 Å². The molecule has 13 nitrogen and oxygen atoms in total. The average Bonchev–Trinajstić information content (AvgIpc) is 3.90. The number of benzene rings is 2. The third-order valence-electron chi connectivity index (χ3n) is 12.0. The Balaban J connectivity index is 0.800. The molecule has 0 bridgehead atoms. The molecule has 14 heteroatoms. The standard InChI is InChI=1S/C43H44ClN7O6/c44-33-25-45-24-32(39(33)49-20-17-43(18-21-49)16-5-9-36(43)53)28-12-10-27(11-13-28)29-22-47-50(26-29)19-3-1-2-6-30(52)23-46-34-8-4-7-31-38(34)42(57)51(41(31)56)35-14-15-37(54)48-40(35)55/h4,7-8,10-13,22,24-26,35,46H,1-3,5-6,9,14-21,23H2,(H,48,54,55). The molecule has 2 saturated heterocycles. The molecule has 57 heavy (non-hydrogen) atoms. The van der Waals surface area contributed by atoms with Gasteiger partial charge in [0.2, 0.25) is 11.8 Å². The zero-order valence-corrected chi connectivity index (χ0v) is 32.4. The quantitative estimate of drug-likeness (QED) is 0.117. The van der Waals surface area contributed by atoms with Crippen LogP contribution >= 0.6 is 11.6 Å². The maximum atomic E-state index is 13.3. The Labute approximate surface area is 335 Å². The number of piperidine rings is 2. The number of amides is 4. The Morgan fingerprint density at radius 3 is 2.40 bits per heavy atom. The summed E-state index contributed by atoms with van der Waals surface area (Å²) in [5, 5.41) is 10.4. The first-order chi connectivity index (χ1) is 27.6. The molecule has 3 aliphatic heterocycles. The van der Waals surface area contributed by atoms with Crippen molar-refractivity contribution < 1.29 is 28.8 Å². The molecule has 2 N–H and O–H groups in total. The second-order valence-corrected chi connectivity index (χ2v) is 15.9. The number of fused-ring (bicyclic) bond motifs is 1. The summed E-state index contributed by atoms with van der Waals surface area (Å²) in [5.74, 6) is -1.91. The van der Waals surface area contributed by atoms with Crippen molar-refractivity contribution in [1.82, 2.24) is 25.0 Å². The van der Waals surface area contributed by atoms with Crippen molar-refractivity contribution in [2.24, 2.45) is 5.41 Å². The van der Waals surface area contributed by atoms with Crippen LogP contribution in [0.5, 0.6) is 0 Å². The van der Waals surface area contributed by atoms with Crippen LogP contribution in [0, 0.1) is 5.41 Å². The highest BCUT2D eigenvalue weighted by atomic mass is 35.5. The minimum absolute atomic E-state index is 0.00612. The SMILES string of the molecule is O=C(CCCCCn1cc(-c2ccc(-c3cncc(Cl)c3N3CCC4(CCCC4=O)CC3)cc2)cn1)CNc1cccc2c1C(=O)N(C1CCC(=O)NC1=O)C2=O. The lowest BCUT2D eigenvalue weighted by Crippen LogP contribution is -2.54. The van der Waals surface area contributed by atoms with Gasteiger partial charge in [-0.2, -0.15) is 5.10 Å². The fourth-order valence-corrected chi connectivity index (χ4v) is 9.11. The van der Waals surface area contributed by atoms with Gasteiger partial charge in [0.15, 0.2) is 5.78 Å². The van der Waals surface area contributed by atoms with Crippen molar-refractivity contribution in [3.8, 4) is 22.3 Å². The van der Waals surface area contributed by atoms with E-state index >= 15 is 0 Å². The Morgan fingerprint density at radius 1 is 0.860 bits per heavy atom. The summed E-state index contributed by atoms with van der Waals surface area (Å²) in [5.41, 5.74) is 5.51. The molecular weight excluding hydrogens is 746 g/mol. The van der Waals surface area contributed by atoms with Crippen molar-refractivity contribution in [3.05, 3.63) is 83.4 Å². The van der Waals surface area contributed by atoms with Crippen LogP contribution in [0.15, 0.2) is 67.3 Å². The number of carbonyl (C=O) groups is 6. The summed E-state index contributed by atoms with van der Waals surface area (Å²) >= 11 is 6.75. The number of hydrogen-bond acceptors (Lipinski definition) is 10. The van der Waals surface area contributed by atoms with E-state index in [1.54, 1.807) is 18.3 Å². The van der Waals surface area contributed by atoms with Crippen molar-refractivity contribution in [3.63, 3.8) is 0 Å². The zero-order chi connectivity index (χ0) is 39.7. The molecule has 1 spiro atoms. The number of nitrogens with one attached hydrogen (secondary N) is 2. The predicted molar refractivity (Wildman–Crippen MR) is 214 cm³/mol. The van der Waals surface area contributed by atoms with Crippen LogP contribution in [-0.2, 0) is 25.7 Å². The monoisotopic (exact) mass is 789 g/mol. The molecule has 4 amide bonds. The molecule has 5 heterocycles. The fourth-order valence-electron chi connectivity index (χ4n) is 8.83. The van der Waals surface area contributed by atoms with Crippen molar-refractivity contribution in [1.29, 1.82) is 0 Å². The van der Waals surface area contributed by atoms with Crippen LogP contribution in [-0.4, -0.2) is 80.5 Å². The lowest BCUT2D eigenvalue weighted by molar-refractivity contribution is -0.136. The van der Waals surface area contributed by atoms with E-state index in [2.05, 4.69) is 49.9 Å². The van der Waals surface area contributed by atoms with Crippen LogP contribution in [0.3, 0.4) is 0 Å². The molecule has 1 atom stereocenters. The number of pyridine rings is 1. The molecule has 0 radical (unpaired) electrons. The first kappa shape index (κ1) is 38.2. The number of halogens is 1. The molecule has 1 unspecified atom stereocenters. The van der Waals surface area contributed by atoms with E-state index in [9.17, 15) is 28.8 Å². The maximum absolute atomic E-state index is 13.3. The average molecular weight is 790 g/mol. The number of Topliss-reactive ketones (excluding diaryl/α,β-unsaturated/α-hetero) is 2.